The molecule has 1 saturated carbocycles. The molecule has 2 nitrogen and oxygen atoms in total. The van der Waals surface area contributed by atoms with E-state index in [4.69, 9.17) is 0 Å². The molecule has 0 aliphatic heterocycles. The van der Waals surface area contributed by atoms with Crippen LogP contribution in [0.1, 0.15) is 50.0 Å². The number of hydrogen-bond donors (Lipinski definition) is 1. The van der Waals surface area contributed by atoms with Gasteiger partial charge in [-0.15, -0.1) is 0 Å². The first-order valence-electron chi connectivity index (χ1n) is 6.55. The minimum absolute atomic E-state index is 0.320. The molecule has 1 aliphatic rings. The second-order valence-electron chi connectivity index (χ2n) is 5.04. The predicted octanol–water partition coefficient (Wildman–Crippen LogP) is 3.83. The maximum Gasteiger partial charge on any atom is 0.310 e. The molecular formula is C15H20O2. The molecule has 1 fully saturated rings. The summed E-state index contributed by atoms with van der Waals surface area (Å²) in [4.78, 5) is 11.4. The Morgan fingerprint density at radius 3 is 2.41 bits per heavy atom. The van der Waals surface area contributed by atoms with E-state index >= 15 is 0 Å². The van der Waals surface area contributed by atoms with Crippen LogP contribution in [0.4, 0.5) is 0 Å². The number of rotatable bonds is 4. The molecule has 0 unspecified atom stereocenters. The van der Waals surface area contributed by atoms with Crippen LogP contribution in [0.15, 0.2) is 30.3 Å². The highest BCUT2D eigenvalue weighted by molar-refractivity contribution is 5.76. The third-order valence-electron chi connectivity index (χ3n) is 3.79. The molecule has 0 saturated heterocycles. The van der Waals surface area contributed by atoms with E-state index < -0.39 is 5.97 Å². The average Bonchev–Trinajstić information content (AvgIpc) is 2.38. The third-order valence-corrected chi connectivity index (χ3v) is 3.79. The quantitative estimate of drug-likeness (QED) is 0.856. The van der Waals surface area contributed by atoms with E-state index in [-0.39, 0.29) is 5.92 Å². The minimum Gasteiger partial charge on any atom is -0.481 e. The number of aliphatic carboxylic acids is 1. The van der Waals surface area contributed by atoms with Crippen LogP contribution in [0.5, 0.6) is 0 Å². The number of benzene rings is 1. The fourth-order valence-corrected chi connectivity index (χ4v) is 2.82. The second-order valence-corrected chi connectivity index (χ2v) is 5.04. The van der Waals surface area contributed by atoms with Gasteiger partial charge in [0.25, 0.3) is 0 Å². The van der Waals surface area contributed by atoms with Gasteiger partial charge >= 0.3 is 5.97 Å². The van der Waals surface area contributed by atoms with Crippen molar-refractivity contribution >= 4 is 5.97 Å². The van der Waals surface area contributed by atoms with Gasteiger partial charge in [-0.1, -0.05) is 62.4 Å². The zero-order valence-corrected chi connectivity index (χ0v) is 10.1. The van der Waals surface area contributed by atoms with Crippen LogP contribution in [0.2, 0.25) is 0 Å². The molecule has 2 rings (SSSR count). The topological polar surface area (TPSA) is 37.3 Å². The monoisotopic (exact) mass is 232 g/mol. The molecule has 1 aromatic rings. The number of carbonyl (C=O) groups is 1. The van der Waals surface area contributed by atoms with Gasteiger partial charge in [0.2, 0.25) is 0 Å². The molecule has 0 spiro atoms. The van der Waals surface area contributed by atoms with E-state index in [1.54, 1.807) is 0 Å². The maximum atomic E-state index is 11.4. The van der Waals surface area contributed by atoms with E-state index in [0.717, 1.165) is 12.0 Å². The van der Waals surface area contributed by atoms with Crippen molar-refractivity contribution in [3.63, 3.8) is 0 Å². The number of carboxylic acid groups (broad SMARTS) is 1. The van der Waals surface area contributed by atoms with Gasteiger partial charge < -0.3 is 5.11 Å². The molecule has 1 aliphatic carbocycles. The summed E-state index contributed by atoms with van der Waals surface area (Å²) in [6.45, 7) is 0. The Balaban J connectivity index is 2.05. The van der Waals surface area contributed by atoms with Gasteiger partial charge in [-0.05, 0) is 17.9 Å². The maximum absolute atomic E-state index is 11.4. The highest BCUT2D eigenvalue weighted by Gasteiger charge is 2.25. The zero-order chi connectivity index (χ0) is 12.1. The van der Waals surface area contributed by atoms with Crippen LogP contribution in [0.3, 0.4) is 0 Å². The standard InChI is InChI=1S/C15H20O2/c16-15(17)14(13-9-5-2-6-10-13)11-12-7-3-1-4-8-12/h2,5-6,9-10,12,14H,1,3-4,7-8,11H2,(H,16,17)/t14-/m1/s1. The molecule has 1 atom stereocenters. The highest BCUT2D eigenvalue weighted by Crippen LogP contribution is 2.33. The SMILES string of the molecule is O=C(O)[C@H](CC1CCCCC1)c1ccccc1. The third kappa shape index (κ3) is 3.32. The molecule has 1 aromatic carbocycles. The Labute approximate surface area is 103 Å². The van der Waals surface area contributed by atoms with E-state index in [1.807, 2.05) is 30.3 Å². The Bertz CT molecular complexity index is 352. The summed E-state index contributed by atoms with van der Waals surface area (Å²) in [5.74, 6) is -0.397. The summed E-state index contributed by atoms with van der Waals surface area (Å²) in [7, 11) is 0. The first-order chi connectivity index (χ1) is 8.27. The van der Waals surface area contributed by atoms with Crippen molar-refractivity contribution in [2.75, 3.05) is 0 Å². The summed E-state index contributed by atoms with van der Waals surface area (Å²) in [5.41, 5.74) is 0.950. The van der Waals surface area contributed by atoms with Crippen molar-refractivity contribution in [1.82, 2.24) is 0 Å². The van der Waals surface area contributed by atoms with Gasteiger partial charge in [0.1, 0.15) is 0 Å². The van der Waals surface area contributed by atoms with Crippen molar-refractivity contribution in [2.45, 2.75) is 44.4 Å². The van der Waals surface area contributed by atoms with Crippen molar-refractivity contribution in [3.05, 3.63) is 35.9 Å². The lowest BCUT2D eigenvalue weighted by molar-refractivity contribution is -0.139. The molecule has 17 heavy (non-hydrogen) atoms. The summed E-state index contributed by atoms with van der Waals surface area (Å²) < 4.78 is 0. The molecule has 0 amide bonds. The van der Waals surface area contributed by atoms with Crippen LogP contribution in [0.25, 0.3) is 0 Å². The molecule has 1 N–H and O–H groups in total. The van der Waals surface area contributed by atoms with Gasteiger partial charge in [0.15, 0.2) is 0 Å². The lowest BCUT2D eigenvalue weighted by Gasteiger charge is -2.24. The largest absolute Gasteiger partial charge is 0.481 e. The molecule has 0 heterocycles. The Hall–Kier alpha value is -1.31. The van der Waals surface area contributed by atoms with Gasteiger partial charge in [-0.3, -0.25) is 4.79 Å². The van der Waals surface area contributed by atoms with Crippen LogP contribution in [0, 0.1) is 5.92 Å². The highest BCUT2D eigenvalue weighted by atomic mass is 16.4. The Morgan fingerprint density at radius 2 is 1.82 bits per heavy atom. The van der Waals surface area contributed by atoms with Gasteiger partial charge in [0, 0.05) is 0 Å². The molecule has 0 bridgehead atoms. The van der Waals surface area contributed by atoms with Crippen molar-refractivity contribution in [3.8, 4) is 0 Å². The minimum atomic E-state index is -0.679. The Kier molecular flexibility index (Phi) is 4.18. The Morgan fingerprint density at radius 1 is 1.18 bits per heavy atom. The van der Waals surface area contributed by atoms with Crippen LogP contribution >= 0.6 is 0 Å². The molecular weight excluding hydrogens is 212 g/mol. The van der Waals surface area contributed by atoms with Crippen LogP contribution in [-0.2, 0) is 4.79 Å². The number of hydrogen-bond acceptors (Lipinski definition) is 1. The zero-order valence-electron chi connectivity index (χ0n) is 10.1. The summed E-state index contributed by atoms with van der Waals surface area (Å²) in [5, 5.41) is 9.36. The molecule has 92 valence electrons. The first kappa shape index (κ1) is 12.2. The molecule has 0 radical (unpaired) electrons. The normalized spacial score (nSPS) is 18.8. The fraction of sp³-hybridized carbons (Fsp3) is 0.533. The van der Waals surface area contributed by atoms with E-state index in [2.05, 4.69) is 0 Å². The van der Waals surface area contributed by atoms with Crippen LogP contribution in [-0.4, -0.2) is 11.1 Å². The lowest BCUT2D eigenvalue weighted by Crippen LogP contribution is -2.17. The molecule has 2 heteroatoms. The van der Waals surface area contributed by atoms with Gasteiger partial charge in [-0.25, -0.2) is 0 Å². The van der Waals surface area contributed by atoms with Gasteiger partial charge in [-0.2, -0.15) is 0 Å². The van der Waals surface area contributed by atoms with Gasteiger partial charge in [0.05, 0.1) is 5.92 Å². The van der Waals surface area contributed by atoms with Crippen LogP contribution < -0.4 is 0 Å². The lowest BCUT2D eigenvalue weighted by atomic mass is 9.80. The van der Waals surface area contributed by atoms with E-state index in [9.17, 15) is 9.90 Å². The number of carboxylic acids is 1. The smallest absolute Gasteiger partial charge is 0.310 e. The second kappa shape index (κ2) is 5.85. The average molecular weight is 232 g/mol. The summed E-state index contributed by atoms with van der Waals surface area (Å²) in [6, 6.07) is 9.64. The van der Waals surface area contributed by atoms with E-state index in [0.29, 0.717) is 5.92 Å². The predicted molar refractivity (Wildman–Crippen MR) is 68.0 cm³/mol. The summed E-state index contributed by atoms with van der Waals surface area (Å²) >= 11 is 0. The first-order valence-corrected chi connectivity index (χ1v) is 6.55. The molecule has 0 aromatic heterocycles. The van der Waals surface area contributed by atoms with Crippen molar-refractivity contribution < 1.29 is 9.90 Å². The van der Waals surface area contributed by atoms with E-state index in [1.165, 1.54) is 32.1 Å². The fourth-order valence-electron chi connectivity index (χ4n) is 2.82. The van der Waals surface area contributed by atoms with Crippen molar-refractivity contribution in [2.24, 2.45) is 5.92 Å². The van der Waals surface area contributed by atoms with Crippen molar-refractivity contribution in [1.29, 1.82) is 0 Å². The summed E-state index contributed by atoms with van der Waals surface area (Å²) in [6.07, 6.45) is 7.07.